The minimum Gasteiger partial charge on any atom is -0.357 e. The summed E-state index contributed by atoms with van der Waals surface area (Å²) in [6.07, 6.45) is 4.20. The van der Waals surface area contributed by atoms with E-state index in [0.717, 1.165) is 31.2 Å². The number of nitrogens with one attached hydrogen (secondary N) is 1. The Kier molecular flexibility index (Phi) is 9.68. The van der Waals surface area contributed by atoms with Crippen LogP contribution >= 0.6 is 24.0 Å². The van der Waals surface area contributed by atoms with Crippen LogP contribution in [0.25, 0.3) is 0 Å². The van der Waals surface area contributed by atoms with Gasteiger partial charge >= 0.3 is 0 Å². The Morgan fingerprint density at radius 2 is 2.14 bits per heavy atom. The number of aromatic nitrogens is 2. The second-order valence-corrected chi connectivity index (χ2v) is 9.68. The van der Waals surface area contributed by atoms with Gasteiger partial charge in [0.1, 0.15) is 0 Å². The first-order chi connectivity index (χ1) is 12.6. The highest BCUT2D eigenvalue weighted by Crippen LogP contribution is 2.20. The van der Waals surface area contributed by atoms with Crippen LogP contribution in [-0.4, -0.2) is 72.8 Å². The minimum absolute atomic E-state index is 0. The third kappa shape index (κ3) is 6.87. The molecule has 1 atom stereocenters. The molecule has 0 amide bonds. The molecule has 28 heavy (non-hydrogen) atoms. The van der Waals surface area contributed by atoms with Crippen LogP contribution in [0.15, 0.2) is 11.2 Å². The highest BCUT2D eigenvalue weighted by atomic mass is 127. The topological polar surface area (TPSA) is 82.8 Å². The van der Waals surface area contributed by atoms with Gasteiger partial charge in [-0.2, -0.15) is 5.10 Å². The lowest BCUT2D eigenvalue weighted by atomic mass is 10.1. The van der Waals surface area contributed by atoms with Crippen molar-refractivity contribution in [1.29, 1.82) is 0 Å². The molecule has 1 aliphatic heterocycles. The number of hydrogen-bond acceptors (Lipinski definition) is 4. The second kappa shape index (κ2) is 10.8. The molecular formula is C18H35IN6O2S. The van der Waals surface area contributed by atoms with Crippen LogP contribution in [0.4, 0.5) is 0 Å². The molecule has 1 fully saturated rings. The second-order valence-electron chi connectivity index (χ2n) is 7.69. The Hall–Kier alpha value is -0.880. The van der Waals surface area contributed by atoms with Crippen LogP contribution in [0.5, 0.6) is 0 Å². The molecule has 0 aliphatic carbocycles. The fraction of sp³-hybridized carbons (Fsp3) is 0.778. The number of halogens is 1. The fourth-order valence-electron chi connectivity index (χ4n) is 3.43. The first kappa shape index (κ1) is 25.2. The number of sulfonamides is 1. The van der Waals surface area contributed by atoms with Gasteiger partial charge in [0.05, 0.1) is 11.9 Å². The predicted molar refractivity (Wildman–Crippen MR) is 125 cm³/mol. The van der Waals surface area contributed by atoms with E-state index < -0.39 is 10.0 Å². The summed E-state index contributed by atoms with van der Waals surface area (Å²) >= 11 is 0. The van der Waals surface area contributed by atoms with Gasteiger partial charge in [0.2, 0.25) is 10.0 Å². The summed E-state index contributed by atoms with van der Waals surface area (Å²) < 4.78 is 26.8. The lowest BCUT2D eigenvalue weighted by Gasteiger charge is -2.23. The van der Waals surface area contributed by atoms with E-state index >= 15 is 0 Å². The van der Waals surface area contributed by atoms with E-state index in [1.165, 1.54) is 11.8 Å². The molecule has 1 unspecified atom stereocenters. The van der Waals surface area contributed by atoms with Gasteiger partial charge in [-0.05, 0) is 25.2 Å². The smallest absolute Gasteiger partial charge is 0.211 e. The Labute approximate surface area is 186 Å². The van der Waals surface area contributed by atoms with Crippen molar-refractivity contribution in [3.05, 3.63) is 17.5 Å². The van der Waals surface area contributed by atoms with Crippen molar-refractivity contribution in [2.24, 2.45) is 18.0 Å². The van der Waals surface area contributed by atoms with Gasteiger partial charge in [0, 0.05) is 58.6 Å². The van der Waals surface area contributed by atoms with E-state index in [9.17, 15) is 8.42 Å². The number of hydrogen-bond donors (Lipinski definition) is 1. The maximum absolute atomic E-state index is 11.7. The summed E-state index contributed by atoms with van der Waals surface area (Å²) in [6, 6.07) is 0. The molecule has 2 heterocycles. The van der Waals surface area contributed by atoms with Gasteiger partial charge in [-0.15, -0.1) is 24.0 Å². The number of rotatable bonds is 7. The molecule has 1 saturated heterocycles. The number of aliphatic imine (C=N–C) groups is 1. The molecule has 0 spiro atoms. The average molecular weight is 526 g/mol. The van der Waals surface area contributed by atoms with Gasteiger partial charge in [-0.3, -0.25) is 9.67 Å². The Morgan fingerprint density at radius 3 is 2.68 bits per heavy atom. The molecule has 1 aromatic heterocycles. The molecule has 0 radical (unpaired) electrons. The molecule has 1 aliphatic rings. The SMILES string of the molecule is CCNC(=NCC1CCN(S(C)(=O)=O)C1)N(C)Cc1cn(C)nc1C(C)C.I. The highest BCUT2D eigenvalue weighted by Gasteiger charge is 2.28. The zero-order valence-corrected chi connectivity index (χ0v) is 21.0. The molecule has 0 aromatic carbocycles. The number of aryl methyl sites for hydroxylation is 1. The summed E-state index contributed by atoms with van der Waals surface area (Å²) in [5, 5.41) is 7.92. The molecule has 1 N–H and O–H groups in total. The number of nitrogens with zero attached hydrogens (tertiary/aromatic N) is 5. The van der Waals surface area contributed by atoms with Crippen molar-refractivity contribution in [2.45, 2.75) is 39.7 Å². The molecule has 1 aromatic rings. The van der Waals surface area contributed by atoms with E-state index in [1.54, 1.807) is 4.31 Å². The van der Waals surface area contributed by atoms with Crippen molar-refractivity contribution in [3.63, 3.8) is 0 Å². The summed E-state index contributed by atoms with van der Waals surface area (Å²) in [5.74, 6) is 1.48. The molecule has 8 nitrogen and oxygen atoms in total. The summed E-state index contributed by atoms with van der Waals surface area (Å²) in [6.45, 7) is 9.65. The van der Waals surface area contributed by atoms with Gasteiger partial charge in [-0.25, -0.2) is 12.7 Å². The molecular weight excluding hydrogens is 491 g/mol. The maximum Gasteiger partial charge on any atom is 0.211 e. The summed E-state index contributed by atoms with van der Waals surface area (Å²) in [7, 11) is 0.868. The van der Waals surface area contributed by atoms with E-state index in [1.807, 2.05) is 25.7 Å². The Morgan fingerprint density at radius 1 is 1.46 bits per heavy atom. The lowest BCUT2D eigenvalue weighted by molar-refractivity contribution is 0.455. The standard InChI is InChI=1S/C18H34N6O2S.HI/c1-7-19-18(20-10-15-8-9-24(11-15)27(6,25)26)22(4)12-16-13-23(5)21-17(16)14(2)3;/h13-15H,7-12H2,1-6H3,(H,19,20);1H. The number of guanidine groups is 1. The van der Waals surface area contributed by atoms with Gasteiger partial charge in [0.15, 0.2) is 5.96 Å². The third-order valence-corrected chi connectivity index (χ3v) is 6.07. The fourth-order valence-corrected chi connectivity index (χ4v) is 4.34. The van der Waals surface area contributed by atoms with Crippen molar-refractivity contribution in [3.8, 4) is 0 Å². The van der Waals surface area contributed by atoms with Crippen molar-refractivity contribution in [1.82, 2.24) is 24.3 Å². The normalized spacial score (nSPS) is 18.4. The monoisotopic (exact) mass is 526 g/mol. The zero-order valence-electron chi connectivity index (χ0n) is 17.8. The average Bonchev–Trinajstić information content (AvgIpc) is 3.17. The Bertz CT molecular complexity index is 762. The van der Waals surface area contributed by atoms with Crippen LogP contribution in [0, 0.1) is 5.92 Å². The van der Waals surface area contributed by atoms with Gasteiger partial charge in [0.25, 0.3) is 0 Å². The van der Waals surface area contributed by atoms with Crippen LogP contribution in [-0.2, 0) is 23.6 Å². The Balaban J connectivity index is 0.00000392. The first-order valence-electron chi connectivity index (χ1n) is 9.58. The van der Waals surface area contributed by atoms with E-state index in [0.29, 0.717) is 25.6 Å². The quantitative estimate of drug-likeness (QED) is 0.333. The minimum atomic E-state index is -3.10. The van der Waals surface area contributed by atoms with E-state index in [2.05, 4.69) is 35.4 Å². The van der Waals surface area contributed by atoms with Crippen LogP contribution in [0.1, 0.15) is 44.4 Å². The lowest BCUT2D eigenvalue weighted by Crippen LogP contribution is -2.39. The van der Waals surface area contributed by atoms with Crippen LogP contribution in [0.2, 0.25) is 0 Å². The van der Waals surface area contributed by atoms with Gasteiger partial charge in [-0.1, -0.05) is 13.8 Å². The first-order valence-corrected chi connectivity index (χ1v) is 11.4. The van der Waals surface area contributed by atoms with Crippen LogP contribution < -0.4 is 5.32 Å². The van der Waals surface area contributed by atoms with Crippen molar-refractivity contribution >= 4 is 40.0 Å². The molecule has 10 heteroatoms. The third-order valence-electron chi connectivity index (χ3n) is 4.80. The van der Waals surface area contributed by atoms with E-state index in [-0.39, 0.29) is 29.9 Å². The van der Waals surface area contributed by atoms with Crippen LogP contribution in [0.3, 0.4) is 0 Å². The molecule has 0 bridgehead atoms. The predicted octanol–water partition coefficient (Wildman–Crippen LogP) is 1.84. The largest absolute Gasteiger partial charge is 0.357 e. The molecule has 2 rings (SSSR count). The maximum atomic E-state index is 11.7. The van der Waals surface area contributed by atoms with E-state index in [4.69, 9.17) is 4.99 Å². The van der Waals surface area contributed by atoms with Crippen molar-refractivity contribution < 1.29 is 8.42 Å². The highest BCUT2D eigenvalue weighted by molar-refractivity contribution is 14.0. The molecule has 162 valence electrons. The van der Waals surface area contributed by atoms with Gasteiger partial charge < -0.3 is 10.2 Å². The van der Waals surface area contributed by atoms with Crippen molar-refractivity contribution in [2.75, 3.05) is 39.5 Å². The summed E-state index contributed by atoms with van der Waals surface area (Å²) in [4.78, 5) is 6.88. The molecule has 0 saturated carbocycles. The zero-order chi connectivity index (χ0) is 20.2. The summed E-state index contributed by atoms with van der Waals surface area (Å²) in [5.41, 5.74) is 2.31.